The van der Waals surface area contributed by atoms with Crippen molar-refractivity contribution < 1.29 is 14.4 Å². The molecule has 3 rings (SSSR count). The smallest absolute Gasteiger partial charge is 0.223 e. The normalized spacial score (nSPS) is 22.9. The van der Waals surface area contributed by atoms with Crippen molar-refractivity contribution in [1.82, 2.24) is 10.1 Å². The average molecular weight is 276 g/mol. The zero-order chi connectivity index (χ0) is 13.9. The molecule has 2 heterocycles. The number of rotatable bonds is 4. The molecular formula is C15H20N2O3. The van der Waals surface area contributed by atoms with Gasteiger partial charge in [-0.05, 0) is 25.2 Å². The molecule has 1 aliphatic heterocycles. The minimum Gasteiger partial charge on any atom is -0.388 e. The zero-order valence-corrected chi connectivity index (χ0v) is 11.5. The Hall–Kier alpha value is -1.62. The van der Waals surface area contributed by atoms with Gasteiger partial charge >= 0.3 is 0 Å². The van der Waals surface area contributed by atoms with Gasteiger partial charge in [0.15, 0.2) is 5.76 Å². The van der Waals surface area contributed by atoms with Gasteiger partial charge in [-0.1, -0.05) is 17.3 Å². The topological polar surface area (TPSA) is 66.6 Å². The molecule has 1 amide bonds. The number of likely N-dealkylation sites (tertiary alicyclic amines) is 1. The van der Waals surface area contributed by atoms with Crippen molar-refractivity contribution in [2.45, 2.75) is 38.2 Å². The number of aliphatic hydroxyl groups is 1. The first-order valence-corrected chi connectivity index (χ1v) is 7.27. The summed E-state index contributed by atoms with van der Waals surface area (Å²) in [5.74, 6) is 1.40. The number of carbonyl (C=O) groups excluding carboxylic acids is 1. The van der Waals surface area contributed by atoms with Gasteiger partial charge in [-0.15, -0.1) is 0 Å². The number of nitrogens with zero attached hydrogens (tertiary/aromatic N) is 2. The molecule has 0 spiro atoms. The van der Waals surface area contributed by atoms with Crippen LogP contribution >= 0.6 is 0 Å². The predicted molar refractivity (Wildman–Crippen MR) is 72.8 cm³/mol. The van der Waals surface area contributed by atoms with Crippen molar-refractivity contribution in [2.75, 3.05) is 13.1 Å². The summed E-state index contributed by atoms with van der Waals surface area (Å²) in [7, 11) is 0. The molecule has 1 aromatic rings. The van der Waals surface area contributed by atoms with Crippen LogP contribution in [-0.4, -0.2) is 34.2 Å². The summed E-state index contributed by atoms with van der Waals surface area (Å²) in [6, 6.07) is 1.77. The molecule has 2 aliphatic rings. The minimum absolute atomic E-state index is 0.129. The van der Waals surface area contributed by atoms with Gasteiger partial charge in [0, 0.05) is 31.5 Å². The molecule has 0 bridgehead atoms. The molecule has 20 heavy (non-hydrogen) atoms. The Morgan fingerprint density at radius 3 is 3.00 bits per heavy atom. The summed E-state index contributed by atoms with van der Waals surface area (Å²) in [6.07, 6.45) is 8.47. The molecule has 5 heteroatoms. The summed E-state index contributed by atoms with van der Waals surface area (Å²) < 4.78 is 4.98. The molecule has 1 aliphatic carbocycles. The van der Waals surface area contributed by atoms with Crippen molar-refractivity contribution in [2.24, 2.45) is 5.92 Å². The van der Waals surface area contributed by atoms with E-state index in [2.05, 4.69) is 17.3 Å². The van der Waals surface area contributed by atoms with Crippen LogP contribution in [0.25, 0.3) is 0 Å². The summed E-state index contributed by atoms with van der Waals surface area (Å²) >= 11 is 0. The Morgan fingerprint density at radius 1 is 1.50 bits per heavy atom. The van der Waals surface area contributed by atoms with E-state index >= 15 is 0 Å². The number of aliphatic hydroxyl groups excluding tert-OH is 1. The first-order valence-electron chi connectivity index (χ1n) is 7.27. The molecule has 5 nitrogen and oxygen atoms in total. The number of hydrogen-bond donors (Lipinski definition) is 1. The maximum atomic E-state index is 12.1. The van der Waals surface area contributed by atoms with E-state index in [4.69, 9.17) is 9.63 Å². The van der Waals surface area contributed by atoms with Gasteiger partial charge in [-0.25, -0.2) is 0 Å². The highest BCUT2D eigenvalue weighted by Crippen LogP contribution is 2.29. The Balaban J connectivity index is 1.48. The fourth-order valence-corrected chi connectivity index (χ4v) is 2.87. The average Bonchev–Trinajstić information content (AvgIpc) is 2.87. The lowest BCUT2D eigenvalue weighted by Gasteiger charge is -2.38. The maximum Gasteiger partial charge on any atom is 0.223 e. The van der Waals surface area contributed by atoms with E-state index in [0.29, 0.717) is 31.2 Å². The van der Waals surface area contributed by atoms with Crippen LogP contribution in [0.2, 0.25) is 0 Å². The lowest BCUT2D eigenvalue weighted by molar-refractivity contribution is -0.136. The first kappa shape index (κ1) is 13.4. The number of allylic oxidation sites excluding steroid dienone is 2. The second-order valence-electron chi connectivity index (χ2n) is 5.70. The number of aromatic nitrogens is 1. The molecule has 108 valence electrons. The zero-order valence-electron chi connectivity index (χ0n) is 11.5. The molecule has 0 aromatic carbocycles. The van der Waals surface area contributed by atoms with Crippen LogP contribution in [0.4, 0.5) is 0 Å². The third-order valence-electron chi connectivity index (χ3n) is 4.18. The third kappa shape index (κ3) is 2.77. The number of carbonyl (C=O) groups is 1. The van der Waals surface area contributed by atoms with Gasteiger partial charge in [0.2, 0.25) is 5.91 Å². The van der Waals surface area contributed by atoms with E-state index < -0.39 is 0 Å². The standard InChI is InChI=1S/C15H20N2O3/c18-10-13-7-14(16-20-13)12-8-17(9-12)15(19)6-11-4-2-1-3-5-11/h2,4,7,11-12,18H,1,3,5-6,8-10H2. The van der Waals surface area contributed by atoms with E-state index in [0.717, 1.165) is 18.5 Å². The van der Waals surface area contributed by atoms with Crippen LogP contribution < -0.4 is 0 Å². The van der Waals surface area contributed by atoms with Crippen LogP contribution in [-0.2, 0) is 11.4 Å². The van der Waals surface area contributed by atoms with Crippen molar-refractivity contribution in [3.63, 3.8) is 0 Å². The van der Waals surface area contributed by atoms with Crippen molar-refractivity contribution in [1.29, 1.82) is 0 Å². The Labute approximate surface area is 118 Å². The van der Waals surface area contributed by atoms with Crippen LogP contribution in [0.15, 0.2) is 22.7 Å². The van der Waals surface area contributed by atoms with Crippen LogP contribution in [0.1, 0.15) is 43.1 Å². The van der Waals surface area contributed by atoms with Crippen LogP contribution in [0, 0.1) is 5.92 Å². The highest BCUT2D eigenvalue weighted by molar-refractivity contribution is 5.77. The van der Waals surface area contributed by atoms with Crippen molar-refractivity contribution in [3.8, 4) is 0 Å². The van der Waals surface area contributed by atoms with Gasteiger partial charge in [0.1, 0.15) is 6.61 Å². The summed E-state index contributed by atoms with van der Waals surface area (Å²) in [5, 5.41) is 12.9. The molecule has 1 saturated heterocycles. The Bertz CT molecular complexity index is 503. The second kappa shape index (κ2) is 5.79. The largest absolute Gasteiger partial charge is 0.388 e. The van der Waals surface area contributed by atoms with Crippen LogP contribution in [0.5, 0.6) is 0 Å². The fourth-order valence-electron chi connectivity index (χ4n) is 2.87. The second-order valence-corrected chi connectivity index (χ2v) is 5.70. The SMILES string of the molecule is O=C(CC1C=CCCC1)N1CC(c2cc(CO)on2)C1. The van der Waals surface area contributed by atoms with Crippen LogP contribution in [0.3, 0.4) is 0 Å². The maximum absolute atomic E-state index is 12.1. The van der Waals surface area contributed by atoms with E-state index in [-0.39, 0.29) is 18.4 Å². The lowest BCUT2D eigenvalue weighted by Crippen LogP contribution is -2.49. The van der Waals surface area contributed by atoms with Gasteiger partial charge in [0.25, 0.3) is 0 Å². The lowest BCUT2D eigenvalue weighted by atomic mass is 9.90. The minimum atomic E-state index is -0.129. The molecule has 0 saturated carbocycles. The highest BCUT2D eigenvalue weighted by atomic mass is 16.5. The summed E-state index contributed by atoms with van der Waals surface area (Å²) in [5.41, 5.74) is 0.843. The molecule has 1 atom stereocenters. The molecule has 0 radical (unpaired) electrons. The van der Waals surface area contributed by atoms with E-state index in [1.54, 1.807) is 6.07 Å². The number of hydrogen-bond acceptors (Lipinski definition) is 4. The van der Waals surface area contributed by atoms with Gasteiger partial charge in [0.05, 0.1) is 5.69 Å². The fraction of sp³-hybridized carbons (Fsp3) is 0.600. The van der Waals surface area contributed by atoms with E-state index in [1.165, 1.54) is 6.42 Å². The van der Waals surface area contributed by atoms with E-state index in [1.807, 2.05) is 4.90 Å². The molecule has 1 unspecified atom stereocenters. The van der Waals surface area contributed by atoms with Crippen molar-refractivity contribution in [3.05, 3.63) is 29.7 Å². The molecule has 1 N–H and O–H groups in total. The van der Waals surface area contributed by atoms with Gasteiger partial charge < -0.3 is 14.5 Å². The Morgan fingerprint density at radius 2 is 2.35 bits per heavy atom. The number of amides is 1. The monoisotopic (exact) mass is 276 g/mol. The molecule has 1 aromatic heterocycles. The molecule has 1 fully saturated rings. The van der Waals surface area contributed by atoms with Gasteiger partial charge in [-0.3, -0.25) is 4.79 Å². The van der Waals surface area contributed by atoms with Crippen molar-refractivity contribution >= 4 is 5.91 Å². The molecular weight excluding hydrogens is 256 g/mol. The quantitative estimate of drug-likeness (QED) is 0.852. The third-order valence-corrected chi connectivity index (χ3v) is 4.18. The first-order chi connectivity index (χ1) is 9.76. The highest BCUT2D eigenvalue weighted by Gasteiger charge is 2.34. The predicted octanol–water partition coefficient (Wildman–Crippen LogP) is 1.84. The summed E-state index contributed by atoms with van der Waals surface area (Å²) in [6.45, 7) is 1.30. The summed E-state index contributed by atoms with van der Waals surface area (Å²) in [4.78, 5) is 14.0. The van der Waals surface area contributed by atoms with E-state index in [9.17, 15) is 4.79 Å². The van der Waals surface area contributed by atoms with Gasteiger partial charge in [-0.2, -0.15) is 0 Å². The Kier molecular flexibility index (Phi) is 3.87.